The molecular weight excluding hydrogens is 545 g/mol. The highest BCUT2D eigenvalue weighted by atomic mass is 32.1. The number of hydrogen-bond donors (Lipinski definition) is 4. The zero-order valence-corrected chi connectivity index (χ0v) is 22.5. The van der Waals surface area contributed by atoms with Crippen LogP contribution in [0.1, 0.15) is 49.1 Å². The number of halogens is 3. The first-order chi connectivity index (χ1) is 19.1. The summed E-state index contributed by atoms with van der Waals surface area (Å²) >= 11 is 1.33. The second-order valence-corrected chi connectivity index (χ2v) is 9.99. The average Bonchev–Trinajstić information content (AvgIpc) is 3.33. The van der Waals surface area contributed by atoms with E-state index < -0.39 is 12.3 Å². The first-order valence-corrected chi connectivity index (χ1v) is 13.4. The first kappa shape index (κ1) is 30.4. The summed E-state index contributed by atoms with van der Waals surface area (Å²) in [5.41, 5.74) is 13.4. The van der Waals surface area contributed by atoms with Crippen molar-refractivity contribution >= 4 is 28.3 Å². The van der Waals surface area contributed by atoms with Gasteiger partial charge in [-0.2, -0.15) is 0 Å². The van der Waals surface area contributed by atoms with Crippen LogP contribution in [0.4, 0.5) is 18.3 Å². The third-order valence-electron chi connectivity index (χ3n) is 5.57. The minimum Gasteiger partial charge on any atom is -0.406 e. The molecule has 214 valence electrons. The molecule has 0 fully saturated rings. The number of alkyl halides is 3. The Bertz CT molecular complexity index is 1290. The number of nitrogens with one attached hydrogen (secondary N) is 2. The van der Waals surface area contributed by atoms with Crippen LogP contribution in [0.3, 0.4) is 0 Å². The van der Waals surface area contributed by atoms with E-state index in [1.54, 1.807) is 12.2 Å². The zero-order valence-electron chi connectivity index (χ0n) is 21.7. The van der Waals surface area contributed by atoms with Gasteiger partial charge in [0.15, 0.2) is 0 Å². The van der Waals surface area contributed by atoms with Crippen molar-refractivity contribution in [2.75, 3.05) is 5.32 Å². The average molecular weight is 577 g/mol. The summed E-state index contributed by atoms with van der Waals surface area (Å²) in [5.74, 6) is -1.07. The van der Waals surface area contributed by atoms with Crippen molar-refractivity contribution in [3.63, 3.8) is 0 Å². The Morgan fingerprint density at radius 3 is 2.50 bits per heavy atom. The van der Waals surface area contributed by atoms with Gasteiger partial charge in [-0.3, -0.25) is 9.59 Å². The Hall–Kier alpha value is -4.13. The van der Waals surface area contributed by atoms with Crippen molar-refractivity contribution in [2.24, 2.45) is 11.5 Å². The number of rotatable bonds is 13. The molecule has 9 nitrogen and oxygen atoms in total. The van der Waals surface area contributed by atoms with E-state index in [-0.39, 0.29) is 35.9 Å². The summed E-state index contributed by atoms with van der Waals surface area (Å²) in [6.07, 6.45) is 4.71. The molecule has 0 bridgehead atoms. The molecule has 0 saturated carbocycles. The molecule has 0 radical (unpaired) electrons. The van der Waals surface area contributed by atoms with E-state index in [4.69, 9.17) is 11.5 Å². The summed E-state index contributed by atoms with van der Waals surface area (Å²) in [6, 6.07) is 9.42. The highest BCUT2D eigenvalue weighted by molar-refractivity contribution is 7.15. The van der Waals surface area contributed by atoms with Crippen LogP contribution in [0.5, 0.6) is 0 Å². The molecular formula is C27H31F3N6O3S. The number of anilines is 1. The summed E-state index contributed by atoms with van der Waals surface area (Å²) < 4.78 is 41.7. The van der Waals surface area contributed by atoms with E-state index in [1.165, 1.54) is 23.5 Å². The van der Waals surface area contributed by atoms with Gasteiger partial charge in [0.1, 0.15) is 16.6 Å². The van der Waals surface area contributed by atoms with Crippen molar-refractivity contribution < 1.29 is 27.5 Å². The quantitative estimate of drug-likeness (QED) is 0.199. The Kier molecular flexibility index (Phi) is 11.3. The SMILES string of the molecule is N/C(=C\C=C(/N)NC(=O)CC1=CCCC=C1OC(F)(F)F)CCCCc1nnc(NC(=O)Cc2ccccc2)s1. The van der Waals surface area contributed by atoms with Gasteiger partial charge in [-0.05, 0) is 61.5 Å². The molecule has 2 amide bonds. The van der Waals surface area contributed by atoms with Gasteiger partial charge in [0.25, 0.3) is 0 Å². The number of carbonyl (C=O) groups excluding carboxylic acids is 2. The van der Waals surface area contributed by atoms with Crippen LogP contribution in [0.25, 0.3) is 0 Å². The Labute approximate surface area is 233 Å². The number of carbonyl (C=O) groups is 2. The lowest BCUT2D eigenvalue weighted by Gasteiger charge is -2.18. The molecule has 6 N–H and O–H groups in total. The van der Waals surface area contributed by atoms with Gasteiger partial charge in [0, 0.05) is 12.1 Å². The normalized spacial score (nSPS) is 14.3. The van der Waals surface area contributed by atoms with Crippen LogP contribution in [-0.2, 0) is 27.2 Å². The molecule has 1 heterocycles. The number of amides is 2. The molecule has 1 aromatic carbocycles. The maximum atomic E-state index is 12.6. The fraction of sp³-hybridized carbons (Fsp3) is 0.333. The van der Waals surface area contributed by atoms with Crippen LogP contribution >= 0.6 is 11.3 Å². The molecule has 3 rings (SSSR count). The predicted octanol–water partition coefficient (Wildman–Crippen LogP) is 4.72. The van der Waals surface area contributed by atoms with Gasteiger partial charge >= 0.3 is 6.36 Å². The van der Waals surface area contributed by atoms with Crippen molar-refractivity contribution in [1.29, 1.82) is 0 Å². The van der Waals surface area contributed by atoms with E-state index in [1.807, 2.05) is 30.3 Å². The van der Waals surface area contributed by atoms with Crippen molar-refractivity contribution in [3.8, 4) is 0 Å². The minimum absolute atomic E-state index is 0.0160. The maximum Gasteiger partial charge on any atom is 0.573 e. The number of benzene rings is 1. The van der Waals surface area contributed by atoms with Gasteiger partial charge in [0.05, 0.1) is 12.8 Å². The fourth-order valence-electron chi connectivity index (χ4n) is 3.75. The molecule has 0 atom stereocenters. The van der Waals surface area contributed by atoms with Crippen molar-refractivity contribution in [2.45, 2.75) is 57.7 Å². The van der Waals surface area contributed by atoms with E-state index in [2.05, 4.69) is 25.6 Å². The summed E-state index contributed by atoms with van der Waals surface area (Å²) in [5, 5.41) is 14.6. The number of allylic oxidation sites excluding steroid dienone is 6. The van der Waals surface area contributed by atoms with Crippen molar-refractivity contribution in [1.82, 2.24) is 15.5 Å². The maximum absolute atomic E-state index is 12.6. The van der Waals surface area contributed by atoms with Gasteiger partial charge < -0.3 is 26.8 Å². The third-order valence-corrected chi connectivity index (χ3v) is 6.47. The topological polar surface area (TPSA) is 145 Å². The highest BCUT2D eigenvalue weighted by Crippen LogP contribution is 2.29. The van der Waals surface area contributed by atoms with Crippen LogP contribution in [0, 0.1) is 0 Å². The largest absolute Gasteiger partial charge is 0.573 e. The number of nitrogens with zero attached hydrogens (tertiary/aromatic N) is 2. The molecule has 0 aliphatic heterocycles. The highest BCUT2D eigenvalue weighted by Gasteiger charge is 2.33. The van der Waals surface area contributed by atoms with Gasteiger partial charge in [-0.1, -0.05) is 47.7 Å². The molecule has 0 saturated heterocycles. The van der Waals surface area contributed by atoms with Crippen LogP contribution in [0.2, 0.25) is 0 Å². The van der Waals surface area contributed by atoms with Crippen molar-refractivity contribution in [3.05, 3.63) is 88.1 Å². The molecule has 40 heavy (non-hydrogen) atoms. The number of aromatic nitrogens is 2. The number of aryl methyl sites for hydroxylation is 1. The zero-order chi connectivity index (χ0) is 29.0. The Morgan fingerprint density at radius 1 is 1.00 bits per heavy atom. The number of nitrogens with two attached hydrogens (primary N) is 2. The predicted molar refractivity (Wildman–Crippen MR) is 146 cm³/mol. The molecule has 1 aromatic heterocycles. The van der Waals surface area contributed by atoms with E-state index in [0.29, 0.717) is 36.5 Å². The second kappa shape index (κ2) is 14.9. The van der Waals surface area contributed by atoms with E-state index >= 15 is 0 Å². The van der Waals surface area contributed by atoms with Gasteiger partial charge in [0.2, 0.25) is 16.9 Å². The Balaban J connectivity index is 1.36. The molecule has 1 aliphatic rings. The third kappa shape index (κ3) is 11.3. The number of ether oxygens (including phenoxy) is 1. The monoisotopic (exact) mass is 576 g/mol. The lowest BCUT2D eigenvalue weighted by molar-refractivity contribution is -0.304. The summed E-state index contributed by atoms with van der Waals surface area (Å²) in [7, 11) is 0. The molecule has 0 spiro atoms. The van der Waals surface area contributed by atoms with Crippen LogP contribution in [-0.4, -0.2) is 28.4 Å². The molecule has 1 aliphatic carbocycles. The minimum atomic E-state index is -4.83. The fourth-order valence-corrected chi connectivity index (χ4v) is 4.55. The number of hydrogen-bond acceptors (Lipinski definition) is 8. The first-order valence-electron chi connectivity index (χ1n) is 12.6. The van der Waals surface area contributed by atoms with Crippen LogP contribution in [0.15, 0.2) is 77.5 Å². The summed E-state index contributed by atoms with van der Waals surface area (Å²) in [6.45, 7) is 0. The van der Waals surface area contributed by atoms with Gasteiger partial charge in [-0.15, -0.1) is 23.4 Å². The number of unbranched alkanes of at least 4 members (excludes halogenated alkanes) is 1. The lowest BCUT2D eigenvalue weighted by atomic mass is 10.0. The molecule has 2 aromatic rings. The molecule has 13 heteroatoms. The molecule has 0 unspecified atom stereocenters. The van der Waals surface area contributed by atoms with Crippen LogP contribution < -0.4 is 22.1 Å². The summed E-state index contributed by atoms with van der Waals surface area (Å²) in [4.78, 5) is 24.4. The Morgan fingerprint density at radius 2 is 1.75 bits per heavy atom. The van der Waals surface area contributed by atoms with E-state index in [0.717, 1.165) is 23.4 Å². The standard InChI is InChI=1S/C27H31F3N6O3S/c28-27(29,30)39-21-12-6-4-10-19(21)17-24(38)33-22(32)15-14-20(31)11-5-7-13-25-35-36-26(40-25)34-23(37)16-18-8-2-1-3-9-18/h1-3,8-10,12,14-15H,4-7,11,13,16-17,31-32H2,(H,33,38)(H,34,36,37)/b20-14-,22-15+. The lowest BCUT2D eigenvalue weighted by Crippen LogP contribution is -2.28. The van der Waals surface area contributed by atoms with Gasteiger partial charge in [-0.25, -0.2) is 0 Å². The second-order valence-electron chi connectivity index (χ2n) is 8.93. The smallest absolute Gasteiger partial charge is 0.406 e. The van der Waals surface area contributed by atoms with E-state index in [9.17, 15) is 22.8 Å².